The zero-order valence-corrected chi connectivity index (χ0v) is 11.7. The van der Waals surface area contributed by atoms with E-state index in [1.165, 1.54) is 4.70 Å². The summed E-state index contributed by atoms with van der Waals surface area (Å²) in [7, 11) is 0. The minimum absolute atomic E-state index is 0.176. The lowest BCUT2D eigenvalue weighted by molar-refractivity contribution is -0.145. The topological polar surface area (TPSA) is 66.4 Å². The van der Waals surface area contributed by atoms with Crippen LogP contribution in [0.5, 0.6) is 0 Å². The van der Waals surface area contributed by atoms with Gasteiger partial charge in [0.15, 0.2) is 0 Å². The first-order chi connectivity index (χ1) is 9.65. The number of hydrogen-bond acceptors (Lipinski definition) is 3. The second kappa shape index (κ2) is 5.25. The molecule has 5 heteroatoms. The SMILES string of the molecule is O=C(O)C1CCCC1C(=O)Nc1ccc2sccc2c1. The van der Waals surface area contributed by atoms with Gasteiger partial charge in [0.25, 0.3) is 0 Å². The summed E-state index contributed by atoms with van der Waals surface area (Å²) in [6.07, 6.45) is 2.05. The van der Waals surface area contributed by atoms with E-state index in [1.54, 1.807) is 11.3 Å². The number of fused-ring (bicyclic) bond motifs is 1. The zero-order chi connectivity index (χ0) is 14.1. The summed E-state index contributed by atoms with van der Waals surface area (Å²) in [5.41, 5.74) is 0.733. The molecule has 1 heterocycles. The van der Waals surface area contributed by atoms with Crippen molar-refractivity contribution < 1.29 is 14.7 Å². The monoisotopic (exact) mass is 289 g/mol. The molecular formula is C15H15NO3S. The van der Waals surface area contributed by atoms with Crippen molar-refractivity contribution in [3.8, 4) is 0 Å². The van der Waals surface area contributed by atoms with Crippen LogP contribution in [-0.2, 0) is 9.59 Å². The minimum Gasteiger partial charge on any atom is -0.481 e. The number of carboxylic acids is 1. The number of carbonyl (C=O) groups excluding carboxylic acids is 1. The first-order valence-electron chi connectivity index (χ1n) is 6.66. The molecule has 2 N–H and O–H groups in total. The van der Waals surface area contributed by atoms with Crippen LogP contribution < -0.4 is 5.32 Å². The predicted octanol–water partition coefficient (Wildman–Crippen LogP) is 3.34. The number of rotatable bonds is 3. The number of carbonyl (C=O) groups is 2. The number of hydrogen-bond donors (Lipinski definition) is 2. The van der Waals surface area contributed by atoms with Gasteiger partial charge in [-0.15, -0.1) is 11.3 Å². The molecule has 1 aliphatic carbocycles. The zero-order valence-electron chi connectivity index (χ0n) is 10.8. The number of amides is 1. The molecule has 1 aromatic carbocycles. The average Bonchev–Trinajstić information content (AvgIpc) is 3.06. The molecular weight excluding hydrogens is 274 g/mol. The fourth-order valence-corrected chi connectivity index (χ4v) is 3.62. The first-order valence-corrected chi connectivity index (χ1v) is 7.54. The van der Waals surface area contributed by atoms with Gasteiger partial charge >= 0.3 is 5.97 Å². The van der Waals surface area contributed by atoms with Crippen LogP contribution in [0.25, 0.3) is 10.1 Å². The summed E-state index contributed by atoms with van der Waals surface area (Å²) < 4.78 is 1.17. The highest BCUT2D eigenvalue weighted by Gasteiger charge is 2.37. The summed E-state index contributed by atoms with van der Waals surface area (Å²) in [5, 5.41) is 15.1. The molecule has 2 unspecified atom stereocenters. The molecule has 4 nitrogen and oxygen atoms in total. The van der Waals surface area contributed by atoms with E-state index in [-0.39, 0.29) is 5.91 Å². The number of anilines is 1. The van der Waals surface area contributed by atoms with Crippen molar-refractivity contribution in [3.63, 3.8) is 0 Å². The third-order valence-corrected chi connectivity index (χ3v) is 4.79. The van der Waals surface area contributed by atoms with E-state index < -0.39 is 17.8 Å². The lowest BCUT2D eigenvalue weighted by Crippen LogP contribution is -2.29. The molecule has 3 rings (SSSR count). The fourth-order valence-electron chi connectivity index (χ4n) is 2.85. The maximum Gasteiger partial charge on any atom is 0.307 e. The molecule has 1 amide bonds. The van der Waals surface area contributed by atoms with Gasteiger partial charge in [-0.3, -0.25) is 9.59 Å². The van der Waals surface area contributed by atoms with Crippen molar-refractivity contribution in [2.24, 2.45) is 11.8 Å². The Morgan fingerprint density at radius 1 is 1.20 bits per heavy atom. The highest BCUT2D eigenvalue weighted by Crippen LogP contribution is 2.33. The van der Waals surface area contributed by atoms with Crippen LogP contribution in [0, 0.1) is 11.8 Å². The molecule has 2 aromatic rings. The van der Waals surface area contributed by atoms with Gasteiger partial charge in [0.1, 0.15) is 0 Å². The molecule has 0 aliphatic heterocycles. The highest BCUT2D eigenvalue weighted by atomic mass is 32.1. The van der Waals surface area contributed by atoms with Gasteiger partial charge in [0, 0.05) is 10.4 Å². The highest BCUT2D eigenvalue weighted by molar-refractivity contribution is 7.17. The van der Waals surface area contributed by atoms with Gasteiger partial charge in [0.05, 0.1) is 11.8 Å². The number of carboxylic acid groups (broad SMARTS) is 1. The van der Waals surface area contributed by atoms with Crippen molar-refractivity contribution in [3.05, 3.63) is 29.6 Å². The van der Waals surface area contributed by atoms with E-state index in [0.29, 0.717) is 12.8 Å². The molecule has 104 valence electrons. The lowest BCUT2D eigenvalue weighted by Gasteiger charge is -2.15. The maximum atomic E-state index is 12.2. The Kier molecular flexibility index (Phi) is 3.44. The average molecular weight is 289 g/mol. The van der Waals surface area contributed by atoms with Crippen LogP contribution in [0.1, 0.15) is 19.3 Å². The molecule has 0 spiro atoms. The van der Waals surface area contributed by atoms with E-state index in [1.807, 2.05) is 29.6 Å². The third-order valence-electron chi connectivity index (χ3n) is 3.89. The second-order valence-electron chi connectivity index (χ2n) is 5.14. The van der Waals surface area contributed by atoms with Crippen molar-refractivity contribution >= 4 is 39.0 Å². The maximum absolute atomic E-state index is 12.2. The molecule has 2 atom stereocenters. The molecule has 0 radical (unpaired) electrons. The Morgan fingerprint density at radius 3 is 2.80 bits per heavy atom. The number of nitrogens with one attached hydrogen (secondary N) is 1. The van der Waals surface area contributed by atoms with E-state index in [4.69, 9.17) is 5.11 Å². The smallest absolute Gasteiger partial charge is 0.307 e. The van der Waals surface area contributed by atoms with Crippen LogP contribution in [0.2, 0.25) is 0 Å². The van der Waals surface area contributed by atoms with Crippen molar-refractivity contribution in [1.29, 1.82) is 0 Å². The van der Waals surface area contributed by atoms with Crippen LogP contribution in [0.4, 0.5) is 5.69 Å². The van der Waals surface area contributed by atoms with Gasteiger partial charge in [-0.05, 0) is 47.9 Å². The Labute approximate surface area is 120 Å². The Morgan fingerprint density at radius 2 is 2.00 bits per heavy atom. The van der Waals surface area contributed by atoms with Crippen LogP contribution >= 0.6 is 11.3 Å². The van der Waals surface area contributed by atoms with Crippen LogP contribution in [-0.4, -0.2) is 17.0 Å². The van der Waals surface area contributed by atoms with Gasteiger partial charge < -0.3 is 10.4 Å². The molecule has 0 bridgehead atoms. The van der Waals surface area contributed by atoms with Crippen LogP contribution in [0.15, 0.2) is 29.6 Å². The summed E-state index contributed by atoms with van der Waals surface area (Å²) >= 11 is 1.65. The van der Waals surface area contributed by atoms with E-state index >= 15 is 0 Å². The van der Waals surface area contributed by atoms with Crippen molar-refractivity contribution in [1.82, 2.24) is 0 Å². The van der Waals surface area contributed by atoms with Gasteiger partial charge in [0.2, 0.25) is 5.91 Å². The van der Waals surface area contributed by atoms with Gasteiger partial charge in [-0.1, -0.05) is 6.42 Å². The van der Waals surface area contributed by atoms with E-state index in [2.05, 4.69) is 5.32 Å². The fraction of sp³-hybridized carbons (Fsp3) is 0.333. The van der Waals surface area contributed by atoms with E-state index in [0.717, 1.165) is 17.5 Å². The molecule has 1 fully saturated rings. The predicted molar refractivity (Wildman–Crippen MR) is 78.9 cm³/mol. The van der Waals surface area contributed by atoms with Crippen molar-refractivity contribution in [2.75, 3.05) is 5.32 Å². The summed E-state index contributed by atoms with van der Waals surface area (Å²) in [6.45, 7) is 0. The van der Waals surface area contributed by atoms with Gasteiger partial charge in [-0.25, -0.2) is 0 Å². The quantitative estimate of drug-likeness (QED) is 0.910. The number of thiophene rings is 1. The molecule has 20 heavy (non-hydrogen) atoms. The first kappa shape index (κ1) is 13.1. The molecule has 1 saturated carbocycles. The number of benzene rings is 1. The second-order valence-corrected chi connectivity index (χ2v) is 6.09. The minimum atomic E-state index is -0.865. The number of aliphatic carboxylic acids is 1. The Bertz CT molecular complexity index is 664. The van der Waals surface area contributed by atoms with Gasteiger partial charge in [-0.2, -0.15) is 0 Å². The summed E-state index contributed by atoms with van der Waals surface area (Å²) in [5.74, 6) is -1.99. The normalized spacial score (nSPS) is 22.0. The van der Waals surface area contributed by atoms with Crippen LogP contribution in [0.3, 0.4) is 0 Å². The Balaban J connectivity index is 1.76. The standard InChI is InChI=1S/C15H15NO3S/c17-14(11-2-1-3-12(11)15(18)19)16-10-4-5-13-9(8-10)6-7-20-13/h4-8,11-12H,1-3H2,(H,16,17)(H,18,19). The Hall–Kier alpha value is -1.88. The van der Waals surface area contributed by atoms with E-state index in [9.17, 15) is 9.59 Å². The molecule has 1 aromatic heterocycles. The molecule has 0 saturated heterocycles. The van der Waals surface area contributed by atoms with Crippen molar-refractivity contribution in [2.45, 2.75) is 19.3 Å². The molecule has 1 aliphatic rings. The largest absolute Gasteiger partial charge is 0.481 e. The summed E-state index contributed by atoms with van der Waals surface area (Å²) in [6, 6.07) is 7.76. The summed E-state index contributed by atoms with van der Waals surface area (Å²) in [4.78, 5) is 23.4. The lowest BCUT2D eigenvalue weighted by atomic mass is 9.95. The third kappa shape index (κ3) is 2.41.